The number of fused-ring (bicyclic) bond motifs is 1. The first-order valence-corrected chi connectivity index (χ1v) is 9.88. The summed E-state index contributed by atoms with van der Waals surface area (Å²) < 4.78 is 5.71. The number of anilines is 1. The number of amides is 1. The third-order valence-electron chi connectivity index (χ3n) is 5.21. The van der Waals surface area contributed by atoms with Gasteiger partial charge in [0.2, 0.25) is 5.78 Å². The molecule has 0 radical (unpaired) electrons. The van der Waals surface area contributed by atoms with Crippen molar-refractivity contribution in [2.24, 2.45) is 0 Å². The van der Waals surface area contributed by atoms with E-state index in [1.54, 1.807) is 67.0 Å². The van der Waals surface area contributed by atoms with Crippen LogP contribution in [0, 0.1) is 0 Å². The summed E-state index contributed by atoms with van der Waals surface area (Å²) in [5, 5.41) is 12.0. The minimum atomic E-state index is -0.872. The summed E-state index contributed by atoms with van der Waals surface area (Å²) in [6.45, 7) is 0. The lowest BCUT2D eigenvalue weighted by Gasteiger charge is -2.26. The van der Waals surface area contributed by atoms with E-state index < -0.39 is 23.5 Å². The standard InChI is InChI=1S/C24H15ClN2O4/c25-16-7-9-17(10-8-16)27-21(15-5-3-11-26-13-15)20(23(29)24(27)30)22(28)19-12-14-4-1-2-6-18(14)31-19/h1-13,21,29H. The van der Waals surface area contributed by atoms with Gasteiger partial charge in [0.05, 0.1) is 11.6 Å². The number of hydrogen-bond acceptors (Lipinski definition) is 5. The van der Waals surface area contributed by atoms with Crippen LogP contribution in [0.3, 0.4) is 0 Å². The molecular formula is C24H15ClN2O4. The minimum absolute atomic E-state index is 0.0439. The topological polar surface area (TPSA) is 83.6 Å². The van der Waals surface area contributed by atoms with E-state index in [0.717, 1.165) is 5.39 Å². The van der Waals surface area contributed by atoms with E-state index in [9.17, 15) is 14.7 Å². The molecule has 5 rings (SSSR count). The fourth-order valence-corrected chi connectivity index (χ4v) is 3.91. The molecule has 4 aromatic rings. The minimum Gasteiger partial charge on any atom is -0.503 e. The Hall–Kier alpha value is -3.90. The number of aromatic nitrogens is 1. The second-order valence-corrected chi connectivity index (χ2v) is 7.52. The van der Waals surface area contributed by atoms with Crippen LogP contribution in [0.1, 0.15) is 22.2 Å². The highest BCUT2D eigenvalue weighted by Crippen LogP contribution is 2.42. The van der Waals surface area contributed by atoms with Gasteiger partial charge in [0.1, 0.15) is 5.58 Å². The molecule has 3 heterocycles. The largest absolute Gasteiger partial charge is 0.503 e. The summed E-state index contributed by atoms with van der Waals surface area (Å²) in [6, 6.07) is 18.0. The van der Waals surface area contributed by atoms with Crippen LogP contribution in [0.2, 0.25) is 5.02 Å². The second kappa shape index (κ2) is 7.41. The fraction of sp³-hybridized carbons (Fsp3) is 0.0417. The third-order valence-corrected chi connectivity index (χ3v) is 5.46. The highest BCUT2D eigenvalue weighted by Gasteiger charge is 2.45. The SMILES string of the molecule is O=C(C1=C(O)C(=O)N(c2ccc(Cl)cc2)C1c1cccnc1)c1cc2ccccc2o1. The van der Waals surface area contributed by atoms with Crippen LogP contribution in [-0.4, -0.2) is 21.8 Å². The zero-order chi connectivity index (χ0) is 21.5. The molecule has 1 aliphatic heterocycles. The molecule has 0 saturated carbocycles. The molecule has 1 atom stereocenters. The van der Waals surface area contributed by atoms with Gasteiger partial charge >= 0.3 is 0 Å². The number of para-hydroxylation sites is 1. The van der Waals surface area contributed by atoms with Crippen molar-refractivity contribution in [1.29, 1.82) is 0 Å². The fourth-order valence-electron chi connectivity index (χ4n) is 3.78. The number of hydrogen-bond donors (Lipinski definition) is 1. The zero-order valence-corrected chi connectivity index (χ0v) is 16.8. The van der Waals surface area contributed by atoms with Gasteiger partial charge < -0.3 is 9.52 Å². The number of aliphatic hydroxyl groups excluding tert-OH is 1. The molecule has 1 amide bonds. The quantitative estimate of drug-likeness (QED) is 0.446. The highest BCUT2D eigenvalue weighted by atomic mass is 35.5. The number of Topliss-reactive ketones (excluding diaryl/α,β-unsaturated/α-hetero) is 1. The van der Waals surface area contributed by atoms with Crippen molar-refractivity contribution in [2.75, 3.05) is 4.90 Å². The molecule has 0 spiro atoms. The maximum atomic E-state index is 13.5. The normalized spacial score (nSPS) is 16.4. The Labute approximate surface area is 182 Å². The van der Waals surface area contributed by atoms with Gasteiger partial charge in [0, 0.05) is 28.5 Å². The molecule has 0 saturated heterocycles. The van der Waals surface area contributed by atoms with Crippen LogP contribution in [0.15, 0.2) is 94.9 Å². The van der Waals surface area contributed by atoms with Gasteiger partial charge in [-0.2, -0.15) is 0 Å². The number of benzene rings is 2. The molecule has 0 aliphatic carbocycles. The second-order valence-electron chi connectivity index (χ2n) is 7.08. The van der Waals surface area contributed by atoms with E-state index in [0.29, 0.717) is 21.9 Å². The third kappa shape index (κ3) is 3.17. The van der Waals surface area contributed by atoms with Crippen LogP contribution >= 0.6 is 11.6 Å². The molecule has 1 aliphatic rings. The van der Waals surface area contributed by atoms with Gasteiger partial charge in [-0.1, -0.05) is 35.9 Å². The van der Waals surface area contributed by atoms with E-state index in [4.69, 9.17) is 16.0 Å². The van der Waals surface area contributed by atoms with Crippen LogP contribution in [0.4, 0.5) is 5.69 Å². The number of nitrogens with zero attached hydrogens (tertiary/aromatic N) is 2. The zero-order valence-electron chi connectivity index (χ0n) is 16.0. The number of ketones is 1. The predicted octanol–water partition coefficient (Wildman–Crippen LogP) is 5.26. The number of furan rings is 1. The molecule has 0 bridgehead atoms. The number of carbonyl (C=O) groups is 2. The number of carbonyl (C=O) groups excluding carboxylic acids is 2. The Balaban J connectivity index is 1.65. The lowest BCUT2D eigenvalue weighted by molar-refractivity contribution is -0.117. The average Bonchev–Trinajstić information content (AvgIpc) is 3.34. The van der Waals surface area contributed by atoms with Crippen LogP contribution in [-0.2, 0) is 4.79 Å². The number of rotatable bonds is 4. The first-order valence-electron chi connectivity index (χ1n) is 9.50. The molecule has 2 aromatic carbocycles. The van der Waals surface area contributed by atoms with E-state index in [1.807, 2.05) is 12.1 Å². The summed E-state index contributed by atoms with van der Waals surface area (Å²) in [7, 11) is 0. The van der Waals surface area contributed by atoms with Crippen molar-refractivity contribution in [2.45, 2.75) is 6.04 Å². The Morgan fingerprint density at radius 2 is 1.84 bits per heavy atom. The smallest absolute Gasteiger partial charge is 0.294 e. The van der Waals surface area contributed by atoms with Crippen molar-refractivity contribution in [3.63, 3.8) is 0 Å². The Morgan fingerprint density at radius 3 is 2.55 bits per heavy atom. The maximum absolute atomic E-state index is 13.5. The average molecular weight is 431 g/mol. The summed E-state index contributed by atoms with van der Waals surface area (Å²) in [4.78, 5) is 32.0. The summed E-state index contributed by atoms with van der Waals surface area (Å²) in [5.41, 5.74) is 1.55. The Morgan fingerprint density at radius 1 is 1.06 bits per heavy atom. The number of halogens is 1. The van der Waals surface area contributed by atoms with Crippen molar-refractivity contribution in [1.82, 2.24) is 4.98 Å². The molecular weight excluding hydrogens is 416 g/mol. The van der Waals surface area contributed by atoms with E-state index in [1.165, 1.54) is 4.90 Å². The van der Waals surface area contributed by atoms with Gasteiger partial charge in [-0.3, -0.25) is 19.5 Å². The molecule has 2 aromatic heterocycles. The predicted molar refractivity (Wildman–Crippen MR) is 116 cm³/mol. The number of pyridine rings is 1. The lowest BCUT2D eigenvalue weighted by Crippen LogP contribution is -2.31. The van der Waals surface area contributed by atoms with Gasteiger partial charge in [-0.25, -0.2) is 0 Å². The van der Waals surface area contributed by atoms with Crippen LogP contribution in [0.25, 0.3) is 11.0 Å². The van der Waals surface area contributed by atoms with Gasteiger partial charge in [0.25, 0.3) is 5.91 Å². The van der Waals surface area contributed by atoms with E-state index in [2.05, 4.69) is 4.98 Å². The first-order chi connectivity index (χ1) is 15.0. The molecule has 7 heteroatoms. The molecule has 6 nitrogen and oxygen atoms in total. The van der Waals surface area contributed by atoms with Gasteiger partial charge in [0.15, 0.2) is 11.5 Å². The van der Waals surface area contributed by atoms with E-state index >= 15 is 0 Å². The Bertz CT molecular complexity index is 1310. The molecule has 152 valence electrons. The molecule has 1 unspecified atom stereocenters. The van der Waals surface area contributed by atoms with Crippen LogP contribution in [0.5, 0.6) is 0 Å². The molecule has 31 heavy (non-hydrogen) atoms. The van der Waals surface area contributed by atoms with Crippen molar-refractivity contribution < 1.29 is 19.1 Å². The molecule has 0 fully saturated rings. The van der Waals surface area contributed by atoms with Crippen molar-refractivity contribution in [3.8, 4) is 0 Å². The van der Waals surface area contributed by atoms with Crippen molar-refractivity contribution >= 4 is 39.9 Å². The highest BCUT2D eigenvalue weighted by molar-refractivity contribution is 6.30. The summed E-state index contributed by atoms with van der Waals surface area (Å²) in [6.07, 6.45) is 3.16. The lowest BCUT2D eigenvalue weighted by atomic mass is 9.96. The van der Waals surface area contributed by atoms with Crippen molar-refractivity contribution in [3.05, 3.63) is 107 Å². The van der Waals surface area contributed by atoms with Gasteiger partial charge in [-0.05, 0) is 48.0 Å². The monoisotopic (exact) mass is 430 g/mol. The summed E-state index contributed by atoms with van der Waals surface area (Å²) >= 11 is 5.99. The maximum Gasteiger partial charge on any atom is 0.294 e. The van der Waals surface area contributed by atoms with Gasteiger partial charge in [-0.15, -0.1) is 0 Å². The first kappa shape index (κ1) is 19.1. The van der Waals surface area contributed by atoms with Crippen LogP contribution < -0.4 is 4.90 Å². The Kier molecular flexibility index (Phi) is 4.56. The molecule has 1 N–H and O–H groups in total. The van der Waals surface area contributed by atoms with E-state index in [-0.39, 0.29) is 11.3 Å². The number of aliphatic hydroxyl groups is 1. The summed E-state index contributed by atoms with van der Waals surface area (Å²) in [5.74, 6) is -1.82.